The lowest BCUT2D eigenvalue weighted by molar-refractivity contribution is 0.243. The van der Waals surface area contributed by atoms with Gasteiger partial charge >= 0.3 is 0 Å². The smallest absolute Gasteiger partial charge is 0.167 e. The summed E-state index contributed by atoms with van der Waals surface area (Å²) in [6.07, 6.45) is 24.6. The van der Waals surface area contributed by atoms with Gasteiger partial charge in [0.1, 0.15) is 0 Å². The lowest BCUT2D eigenvalue weighted by Crippen LogP contribution is -1.95. The SMILES string of the molecule is CCCCCCCCCCCOP(C)OCCCCCCCCCCC. The molecule has 158 valence electrons. The van der Waals surface area contributed by atoms with Gasteiger partial charge in [-0.25, -0.2) is 0 Å². The monoisotopic (exact) mass is 388 g/mol. The molecule has 0 aromatic rings. The molecule has 0 aliphatic heterocycles. The van der Waals surface area contributed by atoms with Gasteiger partial charge in [0.2, 0.25) is 0 Å². The van der Waals surface area contributed by atoms with Crippen LogP contribution in [0.25, 0.3) is 0 Å². The van der Waals surface area contributed by atoms with E-state index >= 15 is 0 Å². The Hall–Kier alpha value is 0.350. The zero-order valence-electron chi connectivity index (χ0n) is 18.4. The molecule has 0 saturated heterocycles. The molecule has 0 bridgehead atoms. The standard InChI is InChI=1S/C23H49O2P/c1-4-6-8-10-12-14-16-18-20-22-24-26(3)25-23-21-19-17-15-13-11-9-7-5-2/h4-23H2,1-3H3. The largest absolute Gasteiger partial charge is 0.334 e. The molecule has 26 heavy (non-hydrogen) atoms. The van der Waals surface area contributed by atoms with E-state index in [-0.39, 0.29) is 0 Å². The maximum atomic E-state index is 5.83. The first-order valence-corrected chi connectivity index (χ1v) is 13.4. The first-order chi connectivity index (χ1) is 12.8. The predicted molar refractivity (Wildman–Crippen MR) is 119 cm³/mol. The maximum Gasteiger partial charge on any atom is 0.167 e. The molecular weight excluding hydrogens is 339 g/mol. The van der Waals surface area contributed by atoms with Gasteiger partial charge in [0.25, 0.3) is 0 Å². The zero-order valence-corrected chi connectivity index (χ0v) is 19.3. The first-order valence-electron chi connectivity index (χ1n) is 11.8. The zero-order chi connectivity index (χ0) is 19.1. The summed E-state index contributed by atoms with van der Waals surface area (Å²) in [5.74, 6) is 0. The van der Waals surface area contributed by atoms with Gasteiger partial charge < -0.3 is 9.05 Å². The van der Waals surface area contributed by atoms with Crippen molar-refractivity contribution in [2.75, 3.05) is 19.9 Å². The highest BCUT2D eigenvalue weighted by Gasteiger charge is 2.02. The number of hydrogen-bond donors (Lipinski definition) is 0. The molecule has 0 unspecified atom stereocenters. The summed E-state index contributed by atoms with van der Waals surface area (Å²) in [7, 11) is -0.650. The van der Waals surface area contributed by atoms with Crippen molar-refractivity contribution in [2.24, 2.45) is 0 Å². The molecular formula is C23H49O2P. The lowest BCUT2D eigenvalue weighted by atomic mass is 10.1. The molecule has 0 aliphatic rings. The molecule has 0 fully saturated rings. The third-order valence-electron chi connectivity index (χ3n) is 5.04. The summed E-state index contributed by atoms with van der Waals surface area (Å²) < 4.78 is 11.7. The molecule has 0 amide bonds. The van der Waals surface area contributed by atoms with Crippen molar-refractivity contribution in [3.63, 3.8) is 0 Å². The maximum absolute atomic E-state index is 5.83. The van der Waals surface area contributed by atoms with Gasteiger partial charge in [0.05, 0.1) is 13.2 Å². The Bertz CT molecular complexity index is 224. The molecule has 0 saturated carbocycles. The Labute approximate surface area is 167 Å². The minimum absolute atomic E-state index is 0.650. The topological polar surface area (TPSA) is 18.5 Å². The van der Waals surface area contributed by atoms with Crippen LogP contribution < -0.4 is 0 Å². The fraction of sp³-hybridized carbons (Fsp3) is 1.00. The van der Waals surface area contributed by atoms with Crippen LogP contribution in [0.4, 0.5) is 0 Å². The van der Waals surface area contributed by atoms with Crippen LogP contribution in [0.5, 0.6) is 0 Å². The van der Waals surface area contributed by atoms with E-state index in [1.807, 2.05) is 0 Å². The van der Waals surface area contributed by atoms with Crippen LogP contribution in [0, 0.1) is 0 Å². The van der Waals surface area contributed by atoms with Gasteiger partial charge in [-0.1, -0.05) is 117 Å². The van der Waals surface area contributed by atoms with E-state index in [1.165, 1.54) is 116 Å². The van der Waals surface area contributed by atoms with Crippen LogP contribution in [-0.2, 0) is 9.05 Å². The average Bonchev–Trinajstić information content (AvgIpc) is 2.64. The van der Waals surface area contributed by atoms with Crippen LogP contribution in [-0.4, -0.2) is 19.9 Å². The molecule has 0 aliphatic carbocycles. The molecule has 2 nitrogen and oxygen atoms in total. The highest BCUT2D eigenvalue weighted by Crippen LogP contribution is 2.33. The van der Waals surface area contributed by atoms with E-state index in [9.17, 15) is 0 Å². The van der Waals surface area contributed by atoms with E-state index in [0.29, 0.717) is 0 Å². The van der Waals surface area contributed by atoms with Crippen LogP contribution in [0.15, 0.2) is 0 Å². The van der Waals surface area contributed by atoms with Gasteiger partial charge in [-0.05, 0) is 12.8 Å². The normalized spacial score (nSPS) is 11.5. The van der Waals surface area contributed by atoms with Gasteiger partial charge in [0.15, 0.2) is 8.38 Å². The van der Waals surface area contributed by atoms with Gasteiger partial charge in [0, 0.05) is 6.66 Å². The lowest BCUT2D eigenvalue weighted by Gasteiger charge is -2.13. The Morgan fingerprint density at radius 3 is 1.00 bits per heavy atom. The second-order valence-electron chi connectivity index (χ2n) is 7.76. The predicted octanol–water partition coefficient (Wildman–Crippen LogP) is 9.02. The number of rotatable bonds is 22. The van der Waals surface area contributed by atoms with Crippen molar-refractivity contribution in [3.8, 4) is 0 Å². The molecule has 0 atom stereocenters. The molecule has 0 heterocycles. The Morgan fingerprint density at radius 1 is 0.423 bits per heavy atom. The van der Waals surface area contributed by atoms with Crippen LogP contribution in [0.2, 0.25) is 0 Å². The first kappa shape index (κ1) is 26.4. The quantitative estimate of drug-likeness (QED) is 0.136. The summed E-state index contributed by atoms with van der Waals surface area (Å²) in [6, 6.07) is 0. The number of unbranched alkanes of at least 4 members (excludes halogenated alkanes) is 16. The van der Waals surface area contributed by atoms with E-state index < -0.39 is 8.38 Å². The van der Waals surface area contributed by atoms with Crippen molar-refractivity contribution in [1.82, 2.24) is 0 Å². The van der Waals surface area contributed by atoms with Crippen molar-refractivity contribution >= 4 is 8.38 Å². The fourth-order valence-corrected chi connectivity index (χ4v) is 4.10. The summed E-state index contributed by atoms with van der Waals surface area (Å²) in [5, 5.41) is 0. The summed E-state index contributed by atoms with van der Waals surface area (Å²) in [5.41, 5.74) is 0. The van der Waals surface area contributed by atoms with Gasteiger partial charge in [-0.2, -0.15) is 0 Å². The Balaban J connectivity index is 3.12. The van der Waals surface area contributed by atoms with Crippen molar-refractivity contribution in [1.29, 1.82) is 0 Å². The fourth-order valence-electron chi connectivity index (χ4n) is 3.25. The second kappa shape index (κ2) is 23.4. The Morgan fingerprint density at radius 2 is 0.692 bits per heavy atom. The second-order valence-corrected chi connectivity index (χ2v) is 9.16. The van der Waals surface area contributed by atoms with E-state index in [1.54, 1.807) is 0 Å². The van der Waals surface area contributed by atoms with Crippen LogP contribution >= 0.6 is 8.38 Å². The van der Waals surface area contributed by atoms with Crippen molar-refractivity contribution < 1.29 is 9.05 Å². The van der Waals surface area contributed by atoms with Crippen LogP contribution in [0.1, 0.15) is 129 Å². The average molecular weight is 389 g/mol. The van der Waals surface area contributed by atoms with E-state index in [0.717, 1.165) is 13.2 Å². The summed E-state index contributed by atoms with van der Waals surface area (Å²) in [6.45, 7) is 8.44. The molecule has 0 spiro atoms. The van der Waals surface area contributed by atoms with Crippen LogP contribution in [0.3, 0.4) is 0 Å². The van der Waals surface area contributed by atoms with Crippen molar-refractivity contribution in [2.45, 2.75) is 129 Å². The van der Waals surface area contributed by atoms with E-state index in [4.69, 9.17) is 9.05 Å². The molecule has 0 N–H and O–H groups in total. The minimum Gasteiger partial charge on any atom is -0.334 e. The summed E-state index contributed by atoms with van der Waals surface area (Å²) >= 11 is 0. The third kappa shape index (κ3) is 22.4. The Kier molecular flexibility index (Phi) is 23.7. The molecule has 0 rings (SSSR count). The van der Waals surface area contributed by atoms with E-state index in [2.05, 4.69) is 20.5 Å². The van der Waals surface area contributed by atoms with Gasteiger partial charge in [-0.3, -0.25) is 0 Å². The third-order valence-corrected chi connectivity index (χ3v) is 6.13. The molecule has 3 heteroatoms. The summed E-state index contributed by atoms with van der Waals surface area (Å²) in [4.78, 5) is 0. The molecule has 0 aromatic heterocycles. The molecule has 0 aromatic carbocycles. The minimum atomic E-state index is -0.650. The highest BCUT2D eigenvalue weighted by molar-refractivity contribution is 7.46. The van der Waals surface area contributed by atoms with Crippen molar-refractivity contribution in [3.05, 3.63) is 0 Å². The van der Waals surface area contributed by atoms with Gasteiger partial charge in [-0.15, -0.1) is 0 Å². The highest BCUT2D eigenvalue weighted by atomic mass is 31.2. The molecule has 0 radical (unpaired) electrons. The number of hydrogen-bond acceptors (Lipinski definition) is 2.